The molecule has 0 N–H and O–H groups in total. The quantitative estimate of drug-likeness (QED) is 0.862. The summed E-state index contributed by atoms with van der Waals surface area (Å²) in [6, 6.07) is 5.02. The molecule has 1 aliphatic rings. The van der Waals surface area contributed by atoms with Crippen molar-refractivity contribution in [2.24, 2.45) is 5.16 Å². The molecule has 0 saturated heterocycles. The molecule has 2 rings (SSSR count). The van der Waals surface area contributed by atoms with Crippen LogP contribution in [0.2, 0.25) is 5.02 Å². The first-order chi connectivity index (χ1) is 8.99. The van der Waals surface area contributed by atoms with Crippen LogP contribution in [0.1, 0.15) is 30.6 Å². The predicted octanol–water partition coefficient (Wildman–Crippen LogP) is 1.86. The Hall–Kier alpha value is -1.40. The summed E-state index contributed by atoms with van der Waals surface area (Å²) >= 11 is 6.11. The van der Waals surface area contributed by atoms with Gasteiger partial charge in [-0.2, -0.15) is 0 Å². The van der Waals surface area contributed by atoms with Crippen molar-refractivity contribution in [3.05, 3.63) is 34.3 Å². The number of nitrogens with zero attached hydrogens (tertiary/aromatic N) is 1. The highest BCUT2D eigenvalue weighted by molar-refractivity contribution is 7.71. The second kappa shape index (κ2) is 5.71. The summed E-state index contributed by atoms with van der Waals surface area (Å²) in [6.45, 7) is 1.41. The molecule has 1 aromatic carbocycles. The zero-order chi connectivity index (χ0) is 14.0. The average Bonchev–Trinajstić information content (AvgIpc) is 2.77. The van der Waals surface area contributed by atoms with Gasteiger partial charge in [0.25, 0.3) is 0 Å². The summed E-state index contributed by atoms with van der Waals surface area (Å²) in [7, 11) is -2.56. The van der Waals surface area contributed by atoms with Gasteiger partial charge in [-0.1, -0.05) is 28.9 Å². The van der Waals surface area contributed by atoms with E-state index in [0.29, 0.717) is 28.3 Å². The van der Waals surface area contributed by atoms with Crippen LogP contribution in [0.25, 0.3) is 0 Å². The Kier molecular flexibility index (Phi) is 4.21. The maximum atomic E-state index is 11.2. The van der Waals surface area contributed by atoms with Crippen molar-refractivity contribution in [1.82, 2.24) is 0 Å². The maximum absolute atomic E-state index is 11.2. The van der Waals surface area contributed by atoms with Crippen LogP contribution in [0.5, 0.6) is 0 Å². The van der Waals surface area contributed by atoms with Gasteiger partial charge >= 0.3 is 0 Å². The zero-order valence-corrected chi connectivity index (χ0v) is 11.8. The van der Waals surface area contributed by atoms with Gasteiger partial charge in [0.15, 0.2) is 11.9 Å². The van der Waals surface area contributed by atoms with E-state index in [1.54, 1.807) is 18.2 Å². The smallest absolute Gasteiger partial charge is 0.177 e. The Bertz CT molecular complexity index is 616. The summed E-state index contributed by atoms with van der Waals surface area (Å²) in [5, 5.41) is 4.13. The van der Waals surface area contributed by atoms with E-state index in [4.69, 9.17) is 16.4 Å². The predicted molar refractivity (Wildman–Crippen MR) is 72.0 cm³/mol. The first-order valence-electron chi connectivity index (χ1n) is 5.61. The lowest BCUT2D eigenvalue weighted by molar-refractivity contribution is -0.111. The molecule has 0 bridgehead atoms. The van der Waals surface area contributed by atoms with Gasteiger partial charge in [-0.05, 0) is 11.6 Å². The molecular weight excluding hydrogens is 290 g/mol. The summed E-state index contributed by atoms with van der Waals surface area (Å²) in [5.41, 5.74) is 1.50. The van der Waals surface area contributed by atoms with Gasteiger partial charge in [-0.25, -0.2) is 8.42 Å². The lowest BCUT2D eigenvalue weighted by Crippen LogP contribution is -2.10. The van der Waals surface area contributed by atoms with Crippen molar-refractivity contribution in [2.75, 3.05) is 0 Å². The van der Waals surface area contributed by atoms with E-state index in [1.807, 2.05) is 0 Å². The highest BCUT2D eigenvalue weighted by Crippen LogP contribution is 2.35. The maximum Gasteiger partial charge on any atom is 0.177 e. The summed E-state index contributed by atoms with van der Waals surface area (Å²) in [4.78, 5) is 16.4. The number of Topliss-reactive ketones (excluding diaryl/α,β-unsaturated/α-hetero) is 1. The van der Waals surface area contributed by atoms with Crippen LogP contribution >= 0.6 is 11.6 Å². The van der Waals surface area contributed by atoms with Gasteiger partial charge in [-0.15, -0.1) is 0 Å². The van der Waals surface area contributed by atoms with Crippen LogP contribution in [0.15, 0.2) is 23.4 Å². The van der Waals surface area contributed by atoms with Gasteiger partial charge in [0, 0.05) is 23.9 Å². The molecule has 0 fully saturated rings. The van der Waals surface area contributed by atoms with Crippen LogP contribution in [0.4, 0.5) is 0 Å². The second-order valence-corrected chi connectivity index (χ2v) is 5.58. The molecule has 0 aromatic heterocycles. The number of ketones is 1. The number of carbonyl (C=O) groups excluding carboxylic acids is 1. The molecule has 1 atom stereocenters. The molecule has 5 nitrogen and oxygen atoms in total. The minimum atomic E-state index is -2.56. The number of benzene rings is 1. The van der Waals surface area contributed by atoms with Crippen molar-refractivity contribution < 1.29 is 18.0 Å². The van der Waals surface area contributed by atoms with E-state index in [2.05, 4.69) is 5.16 Å². The van der Waals surface area contributed by atoms with Crippen LogP contribution in [0, 0.1) is 0 Å². The number of hydrogen-bond donors (Lipinski definition) is 1. The number of thiol groups is 1. The molecule has 0 amide bonds. The third-order valence-electron chi connectivity index (χ3n) is 2.84. The molecule has 1 heterocycles. The highest BCUT2D eigenvalue weighted by Gasteiger charge is 2.29. The molecule has 0 radical (unpaired) electrons. The Morgan fingerprint density at radius 3 is 2.84 bits per heavy atom. The fourth-order valence-corrected chi connectivity index (χ4v) is 2.83. The number of oxime groups is 1. The molecule has 1 aromatic rings. The van der Waals surface area contributed by atoms with Crippen molar-refractivity contribution in [3.8, 4) is 0 Å². The molecule has 19 heavy (non-hydrogen) atoms. The lowest BCUT2D eigenvalue weighted by Gasteiger charge is -2.14. The minimum absolute atomic E-state index is 0.111. The van der Waals surface area contributed by atoms with Crippen LogP contribution in [-0.2, 0) is 26.1 Å². The van der Waals surface area contributed by atoms with Crippen molar-refractivity contribution in [2.45, 2.75) is 25.2 Å². The van der Waals surface area contributed by atoms with Crippen LogP contribution in [0.3, 0.4) is 0 Å². The third-order valence-corrected chi connectivity index (χ3v) is 3.77. The summed E-state index contributed by atoms with van der Waals surface area (Å²) in [6.07, 6.45) is -0.195. The van der Waals surface area contributed by atoms with Gasteiger partial charge in [-0.3, -0.25) is 4.79 Å². The molecule has 7 heteroatoms. The lowest BCUT2D eigenvalue weighted by atomic mass is 9.99. The molecule has 0 spiro atoms. The SMILES string of the molecule is CC(=O)C1=NOC(c2c(Cl)cccc2C[SH](=O)=O)C1. The normalized spacial score (nSPS) is 18.3. The Balaban J connectivity index is 2.33. The molecule has 1 aliphatic heterocycles. The fraction of sp³-hybridized carbons (Fsp3) is 0.333. The largest absolute Gasteiger partial charge is 0.387 e. The highest BCUT2D eigenvalue weighted by atomic mass is 35.5. The monoisotopic (exact) mass is 301 g/mol. The average molecular weight is 302 g/mol. The van der Waals surface area contributed by atoms with Gasteiger partial charge in [0.1, 0.15) is 16.4 Å². The van der Waals surface area contributed by atoms with E-state index >= 15 is 0 Å². The van der Waals surface area contributed by atoms with Crippen molar-refractivity contribution >= 4 is 33.8 Å². The third kappa shape index (κ3) is 3.13. The van der Waals surface area contributed by atoms with Crippen LogP contribution in [-0.4, -0.2) is 19.9 Å². The van der Waals surface area contributed by atoms with Gasteiger partial charge < -0.3 is 4.84 Å². The van der Waals surface area contributed by atoms with E-state index < -0.39 is 16.8 Å². The Morgan fingerprint density at radius 1 is 1.53 bits per heavy atom. The Labute approximate surface area is 117 Å². The number of rotatable bonds is 4. The summed E-state index contributed by atoms with van der Waals surface area (Å²) < 4.78 is 21.8. The van der Waals surface area contributed by atoms with Crippen molar-refractivity contribution in [3.63, 3.8) is 0 Å². The van der Waals surface area contributed by atoms with Gasteiger partial charge in [0.05, 0.1) is 5.75 Å². The first kappa shape index (κ1) is 14.0. The first-order valence-corrected chi connectivity index (χ1v) is 7.36. The van der Waals surface area contributed by atoms with E-state index in [-0.39, 0.29) is 11.5 Å². The Morgan fingerprint density at radius 2 is 2.26 bits per heavy atom. The fourth-order valence-electron chi connectivity index (χ4n) is 1.96. The molecular formula is C12H12ClNO4S. The van der Waals surface area contributed by atoms with Gasteiger partial charge in [0.2, 0.25) is 0 Å². The second-order valence-electron chi connectivity index (χ2n) is 4.20. The number of halogens is 1. The molecule has 1 unspecified atom stereocenters. The topological polar surface area (TPSA) is 72.8 Å². The van der Waals surface area contributed by atoms with E-state index in [1.165, 1.54) is 6.92 Å². The molecule has 102 valence electrons. The number of hydrogen-bond acceptors (Lipinski definition) is 5. The zero-order valence-electron chi connectivity index (χ0n) is 10.1. The van der Waals surface area contributed by atoms with Crippen LogP contribution < -0.4 is 0 Å². The minimum Gasteiger partial charge on any atom is -0.387 e. The van der Waals surface area contributed by atoms with E-state index in [0.717, 1.165) is 0 Å². The standard InChI is InChI=1S/C12H12ClNO4S/c1-7(15)10-5-11(18-14-10)12-8(6-19(16)17)3-2-4-9(12)13/h2-4,11,19H,5-6H2,1H3. The number of carbonyl (C=O) groups is 1. The molecule has 0 aliphatic carbocycles. The summed E-state index contributed by atoms with van der Waals surface area (Å²) in [5.74, 6) is -0.272. The van der Waals surface area contributed by atoms with E-state index in [9.17, 15) is 13.2 Å². The molecule has 0 saturated carbocycles. The van der Waals surface area contributed by atoms with Crippen molar-refractivity contribution in [1.29, 1.82) is 0 Å².